The molecule has 1 atom stereocenters. The first-order chi connectivity index (χ1) is 9.19. The summed E-state index contributed by atoms with van der Waals surface area (Å²) < 4.78 is 31.4. The normalized spacial score (nSPS) is 13.8. The van der Waals surface area contributed by atoms with Crippen molar-refractivity contribution in [2.75, 3.05) is 12.4 Å². The molecule has 0 N–H and O–H groups in total. The van der Waals surface area contributed by atoms with Crippen LogP contribution in [0.15, 0.2) is 0 Å². The fraction of sp³-hybridized carbons (Fsp3) is 0.933. The molecule has 0 saturated heterocycles. The first-order valence-electron chi connectivity index (χ1n) is 7.35. The van der Waals surface area contributed by atoms with E-state index in [0.29, 0.717) is 24.7 Å². The summed E-state index contributed by atoms with van der Waals surface area (Å²) in [6.45, 7) is 9.78. The summed E-state index contributed by atoms with van der Waals surface area (Å²) in [5, 5.41) is -0.260. The minimum Gasteiger partial charge on any atom is -0.465 e. The Kier molecular flexibility index (Phi) is 9.43. The van der Waals surface area contributed by atoms with E-state index in [4.69, 9.17) is 4.74 Å². The molecular formula is C15H28F2O2S. The Morgan fingerprint density at radius 2 is 1.85 bits per heavy atom. The van der Waals surface area contributed by atoms with Crippen molar-refractivity contribution in [2.24, 2.45) is 11.8 Å². The van der Waals surface area contributed by atoms with Crippen LogP contribution in [0.2, 0.25) is 0 Å². The molecule has 0 aromatic rings. The molecule has 0 aliphatic heterocycles. The quantitative estimate of drug-likeness (QED) is 0.429. The number of ether oxygens (including phenoxy) is 1. The Morgan fingerprint density at radius 1 is 1.25 bits per heavy atom. The number of carbonyl (C=O) groups is 1. The number of esters is 1. The van der Waals surface area contributed by atoms with Gasteiger partial charge in [-0.1, -0.05) is 34.6 Å². The lowest BCUT2D eigenvalue weighted by Gasteiger charge is -2.20. The number of carbonyl (C=O) groups excluding carboxylic acids is 1. The summed E-state index contributed by atoms with van der Waals surface area (Å²) in [7, 11) is 0. The summed E-state index contributed by atoms with van der Waals surface area (Å²) in [5.74, 6) is -1.78. The van der Waals surface area contributed by atoms with Gasteiger partial charge in [-0.15, -0.1) is 11.8 Å². The molecule has 5 heteroatoms. The monoisotopic (exact) mass is 310 g/mol. The lowest BCUT2D eigenvalue weighted by atomic mass is 10.1. The number of hydrogen-bond acceptors (Lipinski definition) is 3. The average molecular weight is 310 g/mol. The summed E-state index contributed by atoms with van der Waals surface area (Å²) in [6, 6.07) is 0. The topological polar surface area (TPSA) is 26.3 Å². The van der Waals surface area contributed by atoms with Gasteiger partial charge in [-0.05, 0) is 24.0 Å². The molecule has 0 aromatic carbocycles. The minimum atomic E-state index is -2.58. The minimum absolute atomic E-state index is 0.109. The molecule has 0 spiro atoms. The molecule has 0 rings (SSSR count). The SMILES string of the molecule is CCC(F)(F)CCCSC(C(=O)OCC(C)C)C(C)C. The van der Waals surface area contributed by atoms with Crippen LogP contribution in [0.5, 0.6) is 0 Å². The third-order valence-electron chi connectivity index (χ3n) is 2.90. The van der Waals surface area contributed by atoms with Crippen LogP contribution in [0, 0.1) is 11.8 Å². The Balaban J connectivity index is 4.12. The van der Waals surface area contributed by atoms with Crippen molar-refractivity contribution in [3.63, 3.8) is 0 Å². The maximum absolute atomic E-state index is 13.1. The molecule has 120 valence electrons. The fourth-order valence-electron chi connectivity index (χ4n) is 1.58. The molecule has 0 fully saturated rings. The van der Waals surface area contributed by atoms with E-state index >= 15 is 0 Å². The fourth-order valence-corrected chi connectivity index (χ4v) is 2.74. The Hall–Kier alpha value is -0.320. The molecule has 0 aliphatic rings. The van der Waals surface area contributed by atoms with Crippen molar-refractivity contribution >= 4 is 17.7 Å². The third-order valence-corrected chi connectivity index (χ3v) is 4.52. The molecule has 1 unspecified atom stereocenters. The Labute approximate surface area is 126 Å². The molecule has 0 aliphatic carbocycles. The molecule has 2 nitrogen and oxygen atoms in total. The molecule has 0 bridgehead atoms. The van der Waals surface area contributed by atoms with E-state index in [1.165, 1.54) is 18.7 Å². The van der Waals surface area contributed by atoms with Gasteiger partial charge in [-0.25, -0.2) is 8.78 Å². The highest BCUT2D eigenvalue weighted by Gasteiger charge is 2.27. The van der Waals surface area contributed by atoms with Crippen molar-refractivity contribution in [2.45, 2.75) is 65.1 Å². The molecule has 0 radical (unpaired) electrons. The standard InChI is InChI=1S/C15H28F2O2S/c1-6-15(16,17)8-7-9-20-13(12(4)5)14(18)19-10-11(2)3/h11-13H,6-10H2,1-5H3. The predicted molar refractivity (Wildman–Crippen MR) is 81.4 cm³/mol. The van der Waals surface area contributed by atoms with Crippen LogP contribution in [0.25, 0.3) is 0 Å². The van der Waals surface area contributed by atoms with Crippen molar-refractivity contribution in [1.29, 1.82) is 0 Å². The first kappa shape index (κ1) is 19.7. The summed E-state index contributed by atoms with van der Waals surface area (Å²) >= 11 is 1.43. The van der Waals surface area contributed by atoms with Crippen molar-refractivity contribution < 1.29 is 18.3 Å². The largest absolute Gasteiger partial charge is 0.465 e. The molecular weight excluding hydrogens is 282 g/mol. The molecule has 0 saturated carbocycles. The van der Waals surface area contributed by atoms with Crippen molar-refractivity contribution in [1.82, 2.24) is 0 Å². The van der Waals surface area contributed by atoms with E-state index in [-0.39, 0.29) is 30.0 Å². The summed E-state index contributed by atoms with van der Waals surface area (Å²) in [4.78, 5) is 11.9. The Bertz CT molecular complexity index is 281. The van der Waals surface area contributed by atoms with E-state index in [9.17, 15) is 13.6 Å². The zero-order chi connectivity index (χ0) is 15.8. The lowest BCUT2D eigenvalue weighted by molar-refractivity contribution is -0.144. The highest BCUT2D eigenvalue weighted by atomic mass is 32.2. The third kappa shape index (κ3) is 8.77. The lowest BCUT2D eigenvalue weighted by Crippen LogP contribution is -2.27. The van der Waals surface area contributed by atoms with Crippen molar-refractivity contribution in [3.05, 3.63) is 0 Å². The molecule has 20 heavy (non-hydrogen) atoms. The second-order valence-corrected chi connectivity index (χ2v) is 7.12. The summed E-state index contributed by atoms with van der Waals surface area (Å²) in [6.07, 6.45) is 0.191. The van der Waals surface area contributed by atoms with Crippen LogP contribution >= 0.6 is 11.8 Å². The van der Waals surface area contributed by atoms with Crippen LogP contribution in [0.4, 0.5) is 8.78 Å². The molecule has 0 aromatic heterocycles. The second kappa shape index (κ2) is 9.59. The van der Waals surface area contributed by atoms with Crippen molar-refractivity contribution in [3.8, 4) is 0 Å². The van der Waals surface area contributed by atoms with Gasteiger partial charge in [0.25, 0.3) is 0 Å². The number of rotatable bonds is 10. The van der Waals surface area contributed by atoms with Crippen LogP contribution < -0.4 is 0 Å². The van der Waals surface area contributed by atoms with Gasteiger partial charge in [0.05, 0.1) is 6.61 Å². The van der Waals surface area contributed by atoms with Gasteiger partial charge in [0.15, 0.2) is 0 Å². The van der Waals surface area contributed by atoms with Crippen LogP contribution in [-0.4, -0.2) is 29.5 Å². The maximum atomic E-state index is 13.1. The van der Waals surface area contributed by atoms with Gasteiger partial charge in [0, 0.05) is 12.8 Å². The smallest absolute Gasteiger partial charge is 0.319 e. The summed E-state index contributed by atoms with van der Waals surface area (Å²) in [5.41, 5.74) is 0. The van der Waals surface area contributed by atoms with E-state index in [2.05, 4.69) is 0 Å². The van der Waals surface area contributed by atoms with E-state index in [1.54, 1.807) is 0 Å². The predicted octanol–water partition coefficient (Wildman–Crippen LogP) is 4.77. The van der Waals surface area contributed by atoms with Gasteiger partial charge < -0.3 is 4.74 Å². The van der Waals surface area contributed by atoms with Gasteiger partial charge in [0.2, 0.25) is 5.92 Å². The number of halogens is 2. The zero-order valence-corrected chi connectivity index (χ0v) is 14.1. The highest BCUT2D eigenvalue weighted by molar-refractivity contribution is 8.00. The molecule has 0 amide bonds. The Morgan fingerprint density at radius 3 is 2.30 bits per heavy atom. The van der Waals surface area contributed by atoms with Crippen LogP contribution in [-0.2, 0) is 9.53 Å². The number of hydrogen-bond donors (Lipinski definition) is 0. The van der Waals surface area contributed by atoms with Gasteiger partial charge >= 0.3 is 5.97 Å². The van der Waals surface area contributed by atoms with Crippen LogP contribution in [0.1, 0.15) is 53.9 Å². The number of alkyl halides is 2. The van der Waals surface area contributed by atoms with E-state index in [1.807, 2.05) is 27.7 Å². The van der Waals surface area contributed by atoms with E-state index in [0.717, 1.165) is 0 Å². The second-order valence-electron chi connectivity index (χ2n) is 5.87. The van der Waals surface area contributed by atoms with Crippen LogP contribution in [0.3, 0.4) is 0 Å². The van der Waals surface area contributed by atoms with Gasteiger partial charge in [0.1, 0.15) is 5.25 Å². The first-order valence-corrected chi connectivity index (χ1v) is 8.40. The average Bonchev–Trinajstić information content (AvgIpc) is 2.35. The van der Waals surface area contributed by atoms with E-state index < -0.39 is 5.92 Å². The zero-order valence-electron chi connectivity index (χ0n) is 13.2. The maximum Gasteiger partial charge on any atom is 0.319 e. The van der Waals surface area contributed by atoms with Gasteiger partial charge in [-0.2, -0.15) is 0 Å². The molecule has 0 heterocycles. The number of thioether (sulfide) groups is 1. The van der Waals surface area contributed by atoms with Gasteiger partial charge in [-0.3, -0.25) is 4.79 Å². The highest BCUT2D eigenvalue weighted by Crippen LogP contribution is 2.27.